The number of fused-ring (bicyclic) bond motifs is 1. The minimum absolute atomic E-state index is 0.106. The number of rotatable bonds is 5. The molecule has 1 saturated heterocycles. The third-order valence-corrected chi connectivity index (χ3v) is 6.01. The van der Waals surface area contributed by atoms with Crippen LogP contribution >= 0.6 is 0 Å². The van der Waals surface area contributed by atoms with Crippen LogP contribution in [0.25, 0.3) is 10.9 Å². The van der Waals surface area contributed by atoms with Crippen molar-refractivity contribution in [1.29, 1.82) is 0 Å². The monoisotopic (exact) mass is 405 g/mol. The lowest BCUT2D eigenvalue weighted by atomic mass is 9.90. The molecule has 1 fully saturated rings. The van der Waals surface area contributed by atoms with Gasteiger partial charge < -0.3 is 10.0 Å². The molecule has 1 aromatic heterocycles. The van der Waals surface area contributed by atoms with Crippen molar-refractivity contribution >= 4 is 16.8 Å². The maximum absolute atomic E-state index is 12.9. The summed E-state index contributed by atoms with van der Waals surface area (Å²) in [5, 5.41) is 11.6. The van der Waals surface area contributed by atoms with E-state index in [-0.39, 0.29) is 23.9 Å². The lowest BCUT2D eigenvalue weighted by Gasteiger charge is -2.39. The van der Waals surface area contributed by atoms with Crippen LogP contribution in [0.4, 0.5) is 0 Å². The van der Waals surface area contributed by atoms with E-state index in [1.807, 2.05) is 54.3 Å². The Labute approximate surface area is 175 Å². The first-order valence-electron chi connectivity index (χ1n) is 10.4. The first-order valence-corrected chi connectivity index (χ1v) is 10.4. The van der Waals surface area contributed by atoms with E-state index in [1.165, 1.54) is 10.9 Å². The van der Waals surface area contributed by atoms with E-state index in [9.17, 15) is 14.7 Å². The molecule has 2 heterocycles. The summed E-state index contributed by atoms with van der Waals surface area (Å²) < 4.78 is 1.48. The van der Waals surface area contributed by atoms with Gasteiger partial charge in [-0.2, -0.15) is 0 Å². The molecule has 4 rings (SSSR count). The van der Waals surface area contributed by atoms with Crippen molar-refractivity contribution in [3.63, 3.8) is 0 Å². The van der Waals surface area contributed by atoms with E-state index in [0.29, 0.717) is 43.3 Å². The quantitative estimate of drug-likeness (QED) is 0.708. The van der Waals surface area contributed by atoms with Crippen LogP contribution in [-0.2, 0) is 17.8 Å². The van der Waals surface area contributed by atoms with Gasteiger partial charge in [0, 0.05) is 19.0 Å². The van der Waals surface area contributed by atoms with Gasteiger partial charge in [0.25, 0.3) is 5.56 Å². The fourth-order valence-electron chi connectivity index (χ4n) is 4.20. The smallest absolute Gasteiger partial charge is 0.261 e. The highest BCUT2D eigenvalue weighted by Gasteiger charge is 2.35. The van der Waals surface area contributed by atoms with Crippen LogP contribution in [0.3, 0.4) is 0 Å². The molecule has 6 heteroatoms. The molecule has 1 amide bonds. The Morgan fingerprint density at radius 1 is 1.10 bits per heavy atom. The van der Waals surface area contributed by atoms with Crippen LogP contribution in [0.5, 0.6) is 0 Å². The van der Waals surface area contributed by atoms with Gasteiger partial charge in [0.2, 0.25) is 5.91 Å². The first kappa shape index (κ1) is 20.3. The average molecular weight is 405 g/mol. The normalized spacial score (nSPS) is 17.1. The number of benzene rings is 2. The van der Waals surface area contributed by atoms with E-state index in [2.05, 4.69) is 4.98 Å². The summed E-state index contributed by atoms with van der Waals surface area (Å²) in [4.78, 5) is 31.7. The van der Waals surface area contributed by atoms with E-state index < -0.39 is 5.60 Å². The second-order valence-corrected chi connectivity index (χ2v) is 8.34. The number of piperidine rings is 1. The van der Waals surface area contributed by atoms with Crippen molar-refractivity contribution in [3.05, 3.63) is 76.8 Å². The van der Waals surface area contributed by atoms with Gasteiger partial charge in [-0.05, 0) is 37.0 Å². The zero-order chi connectivity index (χ0) is 21.1. The van der Waals surface area contributed by atoms with Crippen LogP contribution in [0.15, 0.2) is 65.7 Å². The third kappa shape index (κ3) is 4.28. The van der Waals surface area contributed by atoms with Crippen LogP contribution < -0.4 is 5.56 Å². The number of aliphatic hydroxyl groups is 1. The molecule has 156 valence electrons. The summed E-state index contributed by atoms with van der Waals surface area (Å²) in [6.45, 7) is 3.12. The van der Waals surface area contributed by atoms with E-state index in [0.717, 1.165) is 5.56 Å². The molecule has 0 unspecified atom stereocenters. The molecule has 1 N–H and O–H groups in total. The number of para-hydroxylation sites is 1. The van der Waals surface area contributed by atoms with Crippen LogP contribution in [-0.4, -0.2) is 44.2 Å². The second kappa shape index (κ2) is 8.40. The Balaban J connectivity index is 1.39. The van der Waals surface area contributed by atoms with E-state index >= 15 is 0 Å². The number of nitrogens with zero attached hydrogens (tertiary/aromatic N) is 3. The lowest BCUT2D eigenvalue weighted by Crippen LogP contribution is -2.50. The minimum atomic E-state index is -1.02. The van der Waals surface area contributed by atoms with Crippen molar-refractivity contribution in [2.75, 3.05) is 13.1 Å². The van der Waals surface area contributed by atoms with Gasteiger partial charge >= 0.3 is 0 Å². The molecule has 3 aromatic rings. The van der Waals surface area contributed by atoms with Crippen LogP contribution in [0.1, 0.15) is 25.3 Å². The third-order valence-electron chi connectivity index (χ3n) is 6.01. The summed E-state index contributed by atoms with van der Waals surface area (Å²) in [5.74, 6) is 0.0105. The van der Waals surface area contributed by atoms with Crippen LogP contribution in [0, 0.1) is 5.92 Å². The number of amides is 1. The summed E-state index contributed by atoms with van der Waals surface area (Å²) >= 11 is 0. The maximum Gasteiger partial charge on any atom is 0.261 e. The Bertz CT molecular complexity index is 1090. The van der Waals surface area contributed by atoms with Crippen molar-refractivity contribution in [2.24, 2.45) is 5.92 Å². The summed E-state index contributed by atoms with van der Waals surface area (Å²) in [6.07, 6.45) is 3.09. The van der Waals surface area contributed by atoms with Crippen molar-refractivity contribution in [1.82, 2.24) is 14.5 Å². The van der Waals surface area contributed by atoms with E-state index in [1.54, 1.807) is 12.1 Å². The molecule has 1 atom stereocenters. The standard InChI is InChI=1S/C24H27N3O3/c1-18(15-19-7-3-2-4-8-19)22(28)26-13-11-24(30,12-14-26)16-27-17-25-21-10-6-5-9-20(21)23(27)29/h2-10,17-18,30H,11-16H2,1H3/t18-/m1/s1. The predicted octanol–water partition coefficient (Wildman–Crippen LogP) is 2.63. The summed E-state index contributed by atoms with van der Waals surface area (Å²) in [7, 11) is 0. The predicted molar refractivity (Wildman–Crippen MR) is 116 cm³/mol. The molecule has 2 aromatic carbocycles. The van der Waals surface area contributed by atoms with Crippen molar-refractivity contribution in [2.45, 2.75) is 38.3 Å². The Morgan fingerprint density at radius 2 is 1.77 bits per heavy atom. The molecular weight excluding hydrogens is 378 g/mol. The Hall–Kier alpha value is -2.99. The van der Waals surface area contributed by atoms with Crippen molar-refractivity contribution in [3.8, 4) is 0 Å². The molecule has 1 aliphatic rings. The molecule has 30 heavy (non-hydrogen) atoms. The molecule has 0 bridgehead atoms. The molecular formula is C24H27N3O3. The number of aromatic nitrogens is 2. The SMILES string of the molecule is C[C@H](Cc1ccccc1)C(=O)N1CCC(O)(Cn2cnc3ccccc3c2=O)CC1. The second-order valence-electron chi connectivity index (χ2n) is 8.34. The minimum Gasteiger partial charge on any atom is -0.388 e. The molecule has 0 saturated carbocycles. The van der Waals surface area contributed by atoms with Gasteiger partial charge in [-0.1, -0.05) is 49.4 Å². The molecule has 1 aliphatic heterocycles. The summed E-state index contributed by atoms with van der Waals surface area (Å²) in [5.41, 5.74) is 0.630. The molecule has 0 aliphatic carbocycles. The lowest BCUT2D eigenvalue weighted by molar-refractivity contribution is -0.139. The largest absolute Gasteiger partial charge is 0.388 e. The van der Waals surface area contributed by atoms with Gasteiger partial charge in [0.15, 0.2) is 0 Å². The molecule has 0 radical (unpaired) electrons. The maximum atomic E-state index is 12.9. The molecule has 0 spiro atoms. The van der Waals surface area contributed by atoms with Gasteiger partial charge in [-0.25, -0.2) is 4.98 Å². The van der Waals surface area contributed by atoms with Gasteiger partial charge in [-0.3, -0.25) is 14.2 Å². The highest BCUT2D eigenvalue weighted by molar-refractivity contribution is 5.79. The van der Waals surface area contributed by atoms with Crippen LogP contribution in [0.2, 0.25) is 0 Å². The Kier molecular flexibility index (Phi) is 5.68. The zero-order valence-corrected chi connectivity index (χ0v) is 17.2. The zero-order valence-electron chi connectivity index (χ0n) is 17.2. The fourth-order valence-corrected chi connectivity index (χ4v) is 4.20. The first-order chi connectivity index (χ1) is 14.5. The highest BCUT2D eigenvalue weighted by atomic mass is 16.3. The molecule has 6 nitrogen and oxygen atoms in total. The Morgan fingerprint density at radius 3 is 2.50 bits per heavy atom. The van der Waals surface area contributed by atoms with Crippen molar-refractivity contribution < 1.29 is 9.90 Å². The number of likely N-dealkylation sites (tertiary alicyclic amines) is 1. The fraction of sp³-hybridized carbons (Fsp3) is 0.375. The number of hydrogen-bond acceptors (Lipinski definition) is 4. The number of hydrogen-bond donors (Lipinski definition) is 1. The van der Waals surface area contributed by atoms with Gasteiger partial charge in [-0.15, -0.1) is 0 Å². The van der Waals surface area contributed by atoms with E-state index in [4.69, 9.17) is 0 Å². The topological polar surface area (TPSA) is 75.4 Å². The van der Waals surface area contributed by atoms with Gasteiger partial charge in [0.05, 0.1) is 29.4 Å². The number of carbonyl (C=O) groups excluding carboxylic acids is 1. The summed E-state index contributed by atoms with van der Waals surface area (Å²) in [6, 6.07) is 17.2. The highest BCUT2D eigenvalue weighted by Crippen LogP contribution is 2.25. The number of carbonyl (C=O) groups is 1. The average Bonchev–Trinajstić information content (AvgIpc) is 2.76. The van der Waals surface area contributed by atoms with Gasteiger partial charge in [0.1, 0.15) is 0 Å².